The first-order valence-corrected chi connectivity index (χ1v) is 2.81. The first kappa shape index (κ1) is 3.53. The average Bonchev–Trinajstić information content (AvgIpc) is 1.67. The van der Waals surface area contributed by atoms with Crippen molar-refractivity contribution in [1.82, 2.24) is 0 Å². The van der Waals surface area contributed by atoms with Crippen molar-refractivity contribution in [2.75, 3.05) is 0 Å². The van der Waals surface area contributed by atoms with E-state index in [2.05, 4.69) is 6.08 Å². The molecule has 1 nitrogen and oxygen atoms in total. The van der Waals surface area contributed by atoms with Crippen LogP contribution in [0.25, 0.3) is 0 Å². The maximum atomic E-state index is 5.24. The zero-order valence-electron chi connectivity index (χ0n) is 4.18. The second-order valence-corrected chi connectivity index (χ2v) is 2.19. The van der Waals surface area contributed by atoms with Crippen LogP contribution < -0.4 is 0 Å². The molecule has 0 aromatic rings. The Morgan fingerprint density at radius 2 is 2.57 bits per heavy atom. The highest BCUT2D eigenvalue weighted by Gasteiger charge is 2.27. The van der Waals surface area contributed by atoms with E-state index < -0.39 is 0 Å². The van der Waals surface area contributed by atoms with E-state index in [-0.39, 0.29) is 0 Å². The minimum absolute atomic E-state index is 0.611. The second kappa shape index (κ2) is 1.03. The molecule has 1 fully saturated rings. The van der Waals surface area contributed by atoms with Crippen molar-refractivity contribution >= 4 is 0 Å². The molecular weight excluding hydrogens is 88.1 g/mol. The van der Waals surface area contributed by atoms with E-state index >= 15 is 0 Å². The molecule has 3 rings (SSSR count). The Bertz CT molecular complexity index is 107. The van der Waals surface area contributed by atoms with Gasteiger partial charge in [-0.2, -0.15) is 0 Å². The van der Waals surface area contributed by atoms with E-state index in [9.17, 15) is 0 Å². The van der Waals surface area contributed by atoms with Crippen molar-refractivity contribution < 1.29 is 4.74 Å². The van der Waals surface area contributed by atoms with Crippen LogP contribution in [0.2, 0.25) is 0 Å². The van der Waals surface area contributed by atoms with Crippen molar-refractivity contribution in [2.24, 2.45) is 0 Å². The van der Waals surface area contributed by atoms with Gasteiger partial charge in [0.25, 0.3) is 0 Å². The van der Waals surface area contributed by atoms with Crippen LogP contribution in [-0.4, -0.2) is 6.10 Å². The first-order chi connectivity index (χ1) is 3.45. The maximum Gasteiger partial charge on any atom is 0.105 e. The average molecular weight is 96.1 g/mol. The summed E-state index contributed by atoms with van der Waals surface area (Å²) in [6.45, 7) is 0. The summed E-state index contributed by atoms with van der Waals surface area (Å²) in [5, 5.41) is 0. The van der Waals surface area contributed by atoms with Crippen LogP contribution in [0.5, 0.6) is 0 Å². The van der Waals surface area contributed by atoms with Gasteiger partial charge in [-0.15, -0.1) is 0 Å². The van der Waals surface area contributed by atoms with Crippen LogP contribution in [0.1, 0.15) is 19.3 Å². The minimum atomic E-state index is 0.611. The molecule has 1 heteroatoms. The number of hydrogen-bond acceptors (Lipinski definition) is 1. The molecule has 0 saturated carbocycles. The summed E-state index contributed by atoms with van der Waals surface area (Å²) in [4.78, 5) is 0. The second-order valence-electron chi connectivity index (χ2n) is 2.19. The lowest BCUT2D eigenvalue weighted by Gasteiger charge is -2.34. The summed E-state index contributed by atoms with van der Waals surface area (Å²) in [5.41, 5.74) is 0. The predicted molar refractivity (Wildman–Crippen MR) is 26.8 cm³/mol. The van der Waals surface area contributed by atoms with Crippen molar-refractivity contribution in [1.29, 1.82) is 0 Å². The topological polar surface area (TPSA) is 9.23 Å². The maximum absolute atomic E-state index is 5.24. The predicted octanol–water partition coefficient (Wildman–Crippen LogP) is 1.45. The van der Waals surface area contributed by atoms with Gasteiger partial charge in [-0.25, -0.2) is 0 Å². The van der Waals surface area contributed by atoms with E-state index in [1.807, 2.05) is 0 Å². The van der Waals surface area contributed by atoms with Gasteiger partial charge in [-0.3, -0.25) is 0 Å². The molecule has 0 amide bonds. The Morgan fingerprint density at radius 1 is 1.71 bits per heavy atom. The third kappa shape index (κ3) is 0.379. The fourth-order valence-corrected chi connectivity index (χ4v) is 1.15. The van der Waals surface area contributed by atoms with E-state index in [4.69, 9.17) is 4.74 Å². The highest BCUT2D eigenvalue weighted by Crippen LogP contribution is 2.32. The third-order valence-corrected chi connectivity index (χ3v) is 1.61. The third-order valence-electron chi connectivity index (χ3n) is 1.61. The fraction of sp³-hybridized carbons (Fsp3) is 0.667. The highest BCUT2D eigenvalue weighted by atomic mass is 16.5. The van der Waals surface area contributed by atoms with E-state index in [0.29, 0.717) is 6.10 Å². The molecule has 7 heavy (non-hydrogen) atoms. The standard InChI is InChI=1S/C6H8O/c1-2-5-4-6(3-1)7-5/h2,6H,1,3-4H2. The Morgan fingerprint density at radius 3 is 2.71 bits per heavy atom. The highest BCUT2D eigenvalue weighted by molar-refractivity contribution is 5.08. The largest absolute Gasteiger partial charge is 0.494 e. The summed E-state index contributed by atoms with van der Waals surface area (Å²) < 4.78 is 5.24. The monoisotopic (exact) mass is 96.1 g/mol. The molecule has 1 aliphatic carbocycles. The van der Waals surface area contributed by atoms with Gasteiger partial charge in [-0.1, -0.05) is 0 Å². The number of rotatable bonds is 0. The van der Waals surface area contributed by atoms with Crippen LogP contribution in [0.4, 0.5) is 0 Å². The summed E-state index contributed by atoms with van der Waals surface area (Å²) >= 11 is 0. The van der Waals surface area contributed by atoms with Crippen LogP contribution in [0, 0.1) is 0 Å². The molecule has 2 heterocycles. The molecule has 0 radical (unpaired) electrons. The van der Waals surface area contributed by atoms with E-state index in [1.54, 1.807) is 0 Å². The normalized spacial score (nSPS) is 35.4. The van der Waals surface area contributed by atoms with Crippen LogP contribution in [-0.2, 0) is 4.74 Å². The van der Waals surface area contributed by atoms with Gasteiger partial charge in [0, 0.05) is 6.42 Å². The van der Waals surface area contributed by atoms with Gasteiger partial charge < -0.3 is 4.74 Å². The lowest BCUT2D eigenvalue weighted by atomic mass is 9.98. The van der Waals surface area contributed by atoms with Crippen LogP contribution in [0.3, 0.4) is 0 Å². The Labute approximate surface area is 43.0 Å². The van der Waals surface area contributed by atoms with E-state index in [1.165, 1.54) is 25.0 Å². The zero-order valence-corrected chi connectivity index (χ0v) is 4.18. The van der Waals surface area contributed by atoms with Crippen molar-refractivity contribution in [3.63, 3.8) is 0 Å². The molecule has 1 unspecified atom stereocenters. The quantitative estimate of drug-likeness (QED) is 0.443. The lowest BCUT2D eigenvalue weighted by molar-refractivity contribution is 0.00178. The van der Waals surface area contributed by atoms with Crippen molar-refractivity contribution in [3.05, 3.63) is 11.8 Å². The smallest absolute Gasteiger partial charge is 0.105 e. The van der Waals surface area contributed by atoms with Gasteiger partial charge in [0.15, 0.2) is 0 Å². The van der Waals surface area contributed by atoms with Gasteiger partial charge in [0.2, 0.25) is 0 Å². The molecule has 3 aliphatic rings. The number of allylic oxidation sites excluding steroid dienone is 1. The SMILES string of the molecule is C1=C2CC(CC1)O2. The molecule has 1 saturated heterocycles. The minimum Gasteiger partial charge on any atom is -0.494 e. The van der Waals surface area contributed by atoms with Crippen molar-refractivity contribution in [2.45, 2.75) is 25.4 Å². The Balaban J connectivity index is 2.23. The molecule has 2 aliphatic heterocycles. The summed E-state index contributed by atoms with van der Waals surface area (Å²) in [6.07, 6.45) is 6.53. The fourth-order valence-electron chi connectivity index (χ4n) is 1.15. The van der Waals surface area contributed by atoms with Gasteiger partial charge >= 0.3 is 0 Å². The molecule has 1 atom stereocenters. The molecule has 0 aromatic heterocycles. The number of fused-ring (bicyclic) bond motifs is 2. The Kier molecular flexibility index (Phi) is 0.518. The number of hydrogen-bond donors (Lipinski definition) is 0. The van der Waals surface area contributed by atoms with Crippen molar-refractivity contribution in [3.8, 4) is 0 Å². The molecule has 0 spiro atoms. The molecule has 2 bridgehead atoms. The molecule has 0 aromatic carbocycles. The van der Waals surface area contributed by atoms with Gasteiger partial charge in [0.1, 0.15) is 6.10 Å². The molecule has 38 valence electrons. The molecular formula is C6H8O. The number of ether oxygens (including phenoxy) is 1. The van der Waals surface area contributed by atoms with E-state index in [0.717, 1.165) is 0 Å². The van der Waals surface area contributed by atoms with Gasteiger partial charge in [-0.05, 0) is 18.9 Å². The lowest BCUT2D eigenvalue weighted by Crippen LogP contribution is -2.27. The van der Waals surface area contributed by atoms with Gasteiger partial charge in [0.05, 0.1) is 5.76 Å². The van der Waals surface area contributed by atoms with Crippen LogP contribution in [0.15, 0.2) is 11.8 Å². The van der Waals surface area contributed by atoms with Crippen LogP contribution >= 0.6 is 0 Å². The summed E-state index contributed by atoms with van der Waals surface area (Å²) in [5.74, 6) is 1.23. The molecule has 0 N–H and O–H groups in total. The first-order valence-electron chi connectivity index (χ1n) is 2.81. The summed E-state index contributed by atoms with van der Waals surface area (Å²) in [7, 11) is 0. The zero-order chi connectivity index (χ0) is 4.69. The Hall–Kier alpha value is -0.460. The summed E-state index contributed by atoms with van der Waals surface area (Å²) in [6, 6.07) is 0.